The van der Waals surface area contributed by atoms with E-state index in [0.717, 1.165) is 16.7 Å². The molecule has 1 N–H and O–H groups in total. The average Bonchev–Trinajstić information content (AvgIpc) is 3.01. The summed E-state index contributed by atoms with van der Waals surface area (Å²) >= 11 is 0. The average molecular weight is 427 g/mol. The highest BCUT2D eigenvalue weighted by molar-refractivity contribution is 6.46. The molecule has 4 rings (SSSR count). The van der Waals surface area contributed by atoms with Crippen molar-refractivity contribution in [1.29, 1.82) is 0 Å². The Morgan fingerprint density at radius 3 is 2.31 bits per heavy atom. The number of imide groups is 1. The molecule has 3 aromatic carbocycles. The fourth-order valence-electron chi connectivity index (χ4n) is 3.80. The Kier molecular flexibility index (Phi) is 5.82. The molecule has 162 valence electrons. The van der Waals surface area contributed by atoms with Crippen LogP contribution < -0.4 is 15.0 Å². The molecular formula is C27H26N2O3. The Hall–Kier alpha value is -3.86. The van der Waals surface area contributed by atoms with E-state index in [2.05, 4.69) is 5.32 Å². The van der Waals surface area contributed by atoms with E-state index in [1.165, 1.54) is 4.90 Å². The van der Waals surface area contributed by atoms with E-state index in [4.69, 9.17) is 4.74 Å². The minimum Gasteiger partial charge on any atom is -0.494 e. The summed E-state index contributed by atoms with van der Waals surface area (Å²) in [4.78, 5) is 28.5. The Labute approximate surface area is 188 Å². The van der Waals surface area contributed by atoms with Crippen LogP contribution in [0.1, 0.15) is 29.2 Å². The van der Waals surface area contributed by atoms with Gasteiger partial charge in [-0.3, -0.25) is 9.59 Å². The van der Waals surface area contributed by atoms with Crippen LogP contribution in [0.3, 0.4) is 0 Å². The maximum atomic E-state index is 13.6. The second-order valence-corrected chi connectivity index (χ2v) is 7.87. The van der Waals surface area contributed by atoms with E-state index in [1.54, 1.807) is 0 Å². The molecule has 0 aromatic heterocycles. The summed E-state index contributed by atoms with van der Waals surface area (Å²) < 4.78 is 5.58. The second-order valence-electron chi connectivity index (χ2n) is 7.87. The molecule has 32 heavy (non-hydrogen) atoms. The maximum absolute atomic E-state index is 13.6. The molecule has 1 aliphatic heterocycles. The number of carbonyl (C=O) groups is 2. The number of benzene rings is 3. The lowest BCUT2D eigenvalue weighted by molar-refractivity contribution is -0.120. The number of ether oxygens (including phenoxy) is 1. The number of anilines is 2. The first-order valence-electron chi connectivity index (χ1n) is 10.7. The SMILES string of the molecule is CCOc1cccc(NC2=C(c3ccc(C)cc3)C(=O)N(c3cccc(C)c3C)C2=O)c1. The van der Waals surface area contributed by atoms with Gasteiger partial charge in [0, 0.05) is 11.8 Å². The Bertz CT molecular complexity index is 1230. The third-order valence-electron chi connectivity index (χ3n) is 5.66. The summed E-state index contributed by atoms with van der Waals surface area (Å²) in [6.45, 7) is 8.34. The monoisotopic (exact) mass is 426 g/mol. The van der Waals surface area contributed by atoms with Crippen LogP contribution in [0.5, 0.6) is 5.75 Å². The molecule has 2 amide bonds. The largest absolute Gasteiger partial charge is 0.494 e. The fraction of sp³-hybridized carbons (Fsp3) is 0.185. The van der Waals surface area contributed by atoms with E-state index >= 15 is 0 Å². The van der Waals surface area contributed by atoms with Gasteiger partial charge in [0.1, 0.15) is 11.4 Å². The van der Waals surface area contributed by atoms with Crippen LogP contribution in [-0.2, 0) is 9.59 Å². The summed E-state index contributed by atoms with van der Waals surface area (Å²) in [5.74, 6) is -0.0183. The van der Waals surface area contributed by atoms with Gasteiger partial charge in [-0.15, -0.1) is 0 Å². The van der Waals surface area contributed by atoms with E-state index < -0.39 is 0 Å². The van der Waals surface area contributed by atoms with E-state index in [0.29, 0.717) is 34.9 Å². The summed E-state index contributed by atoms with van der Waals surface area (Å²) in [5.41, 5.74) is 5.60. The van der Waals surface area contributed by atoms with Gasteiger partial charge in [0.25, 0.3) is 11.8 Å². The van der Waals surface area contributed by atoms with Crippen LogP contribution in [0, 0.1) is 20.8 Å². The summed E-state index contributed by atoms with van der Waals surface area (Å²) in [6, 6.07) is 20.6. The lowest BCUT2D eigenvalue weighted by atomic mass is 10.0. The van der Waals surface area contributed by atoms with Crippen molar-refractivity contribution in [3.8, 4) is 5.75 Å². The van der Waals surface area contributed by atoms with Crippen LogP contribution in [0.4, 0.5) is 11.4 Å². The van der Waals surface area contributed by atoms with Crippen LogP contribution in [0.15, 0.2) is 72.4 Å². The van der Waals surface area contributed by atoms with Crippen molar-refractivity contribution in [3.05, 3.63) is 94.7 Å². The highest BCUT2D eigenvalue weighted by Crippen LogP contribution is 2.36. The van der Waals surface area contributed by atoms with Crippen molar-refractivity contribution in [3.63, 3.8) is 0 Å². The van der Waals surface area contributed by atoms with E-state index in [9.17, 15) is 9.59 Å². The second kappa shape index (κ2) is 8.71. The van der Waals surface area contributed by atoms with Gasteiger partial charge < -0.3 is 10.1 Å². The molecule has 5 nitrogen and oxygen atoms in total. The van der Waals surface area contributed by atoms with E-state index in [-0.39, 0.29) is 17.5 Å². The van der Waals surface area contributed by atoms with Gasteiger partial charge in [0.05, 0.1) is 17.9 Å². The molecule has 0 saturated heterocycles. The number of hydrogen-bond acceptors (Lipinski definition) is 4. The van der Waals surface area contributed by atoms with Crippen molar-refractivity contribution >= 4 is 28.8 Å². The van der Waals surface area contributed by atoms with Gasteiger partial charge in [-0.2, -0.15) is 0 Å². The number of carbonyl (C=O) groups excluding carboxylic acids is 2. The Morgan fingerprint density at radius 1 is 0.875 bits per heavy atom. The third kappa shape index (κ3) is 3.89. The summed E-state index contributed by atoms with van der Waals surface area (Å²) in [6.07, 6.45) is 0. The molecule has 0 radical (unpaired) electrons. The zero-order valence-electron chi connectivity index (χ0n) is 18.7. The zero-order chi connectivity index (χ0) is 22.8. The number of aryl methyl sites for hydroxylation is 2. The van der Waals surface area contributed by atoms with Gasteiger partial charge in [-0.1, -0.05) is 48.0 Å². The number of amides is 2. The number of nitrogens with one attached hydrogen (secondary N) is 1. The molecule has 0 unspecified atom stereocenters. The standard InChI is InChI=1S/C27H26N2O3/c1-5-32-22-10-7-9-21(16-22)28-25-24(20-14-12-17(2)13-15-20)26(30)29(27(25)31)23-11-6-8-18(3)19(23)4/h6-16,28H,5H2,1-4H3. The molecular weight excluding hydrogens is 400 g/mol. The summed E-state index contributed by atoms with van der Waals surface area (Å²) in [5, 5.41) is 3.20. The first-order valence-corrected chi connectivity index (χ1v) is 10.7. The Morgan fingerprint density at radius 2 is 1.59 bits per heavy atom. The van der Waals surface area contributed by atoms with Crippen molar-refractivity contribution < 1.29 is 14.3 Å². The predicted molar refractivity (Wildman–Crippen MR) is 128 cm³/mol. The normalized spacial score (nSPS) is 13.7. The van der Waals surface area contributed by atoms with Gasteiger partial charge in [-0.25, -0.2) is 4.90 Å². The molecule has 5 heteroatoms. The summed E-state index contributed by atoms with van der Waals surface area (Å²) in [7, 11) is 0. The first-order chi connectivity index (χ1) is 15.4. The van der Waals surface area contributed by atoms with Gasteiger partial charge in [0.2, 0.25) is 0 Å². The number of rotatable bonds is 6. The molecule has 0 bridgehead atoms. The lowest BCUT2D eigenvalue weighted by Gasteiger charge is -2.19. The zero-order valence-corrected chi connectivity index (χ0v) is 18.7. The Balaban J connectivity index is 1.82. The van der Waals surface area contributed by atoms with E-state index in [1.807, 2.05) is 94.4 Å². The minimum atomic E-state index is -0.374. The lowest BCUT2D eigenvalue weighted by Crippen LogP contribution is -2.33. The number of hydrogen-bond donors (Lipinski definition) is 1. The van der Waals surface area contributed by atoms with Crippen LogP contribution in [0.2, 0.25) is 0 Å². The fourth-order valence-corrected chi connectivity index (χ4v) is 3.80. The highest BCUT2D eigenvalue weighted by Gasteiger charge is 2.40. The van der Waals surface area contributed by atoms with Crippen LogP contribution >= 0.6 is 0 Å². The predicted octanol–water partition coefficient (Wildman–Crippen LogP) is 5.41. The van der Waals surface area contributed by atoms with Crippen molar-refractivity contribution in [2.75, 3.05) is 16.8 Å². The van der Waals surface area contributed by atoms with Crippen LogP contribution in [0.25, 0.3) is 5.57 Å². The minimum absolute atomic E-state index is 0.258. The molecule has 0 spiro atoms. The van der Waals surface area contributed by atoms with Crippen molar-refractivity contribution in [1.82, 2.24) is 0 Å². The third-order valence-corrected chi connectivity index (χ3v) is 5.66. The highest BCUT2D eigenvalue weighted by atomic mass is 16.5. The first kappa shape index (κ1) is 21.4. The molecule has 3 aromatic rings. The quantitative estimate of drug-likeness (QED) is 0.536. The maximum Gasteiger partial charge on any atom is 0.282 e. The molecule has 0 saturated carbocycles. The molecule has 1 aliphatic rings. The molecule has 0 fully saturated rings. The van der Waals surface area contributed by atoms with Crippen LogP contribution in [-0.4, -0.2) is 18.4 Å². The molecule has 1 heterocycles. The topological polar surface area (TPSA) is 58.6 Å². The smallest absolute Gasteiger partial charge is 0.282 e. The van der Waals surface area contributed by atoms with Crippen molar-refractivity contribution in [2.45, 2.75) is 27.7 Å². The van der Waals surface area contributed by atoms with Gasteiger partial charge in [-0.05, 0) is 62.6 Å². The van der Waals surface area contributed by atoms with Gasteiger partial charge in [0.15, 0.2) is 0 Å². The van der Waals surface area contributed by atoms with Gasteiger partial charge >= 0.3 is 0 Å². The van der Waals surface area contributed by atoms with Crippen molar-refractivity contribution in [2.24, 2.45) is 0 Å². The molecule has 0 atom stereocenters. The number of nitrogens with zero attached hydrogens (tertiary/aromatic N) is 1. The molecule has 0 aliphatic carbocycles.